The fourth-order valence-corrected chi connectivity index (χ4v) is 3.00. The molecule has 0 aliphatic rings. The van der Waals surface area contributed by atoms with Crippen LogP contribution in [0, 0.1) is 0 Å². The molecule has 0 heterocycles. The molecule has 0 bridgehead atoms. The summed E-state index contributed by atoms with van der Waals surface area (Å²) in [5.41, 5.74) is 4.81. The van der Waals surface area contributed by atoms with Crippen molar-refractivity contribution in [3.05, 3.63) is 94.5 Å². The largest absolute Gasteiger partial charge is 0.496 e. The Morgan fingerprint density at radius 3 is 1.94 bits per heavy atom. The number of nitrogens with one attached hydrogen (secondary N) is 1. The molecule has 0 aliphatic heterocycles. The third-order valence-electron chi connectivity index (χ3n) is 4.67. The minimum atomic E-state index is -1.09. The Labute approximate surface area is 186 Å². The number of amides is 1. The van der Waals surface area contributed by atoms with E-state index in [2.05, 4.69) is 5.32 Å². The Morgan fingerprint density at radius 1 is 0.781 bits per heavy atom. The van der Waals surface area contributed by atoms with Gasteiger partial charge in [0.1, 0.15) is 5.75 Å². The average Bonchev–Trinajstić information content (AvgIpc) is 2.82. The maximum Gasteiger partial charge on any atom is 0.409 e. The summed E-state index contributed by atoms with van der Waals surface area (Å²) in [6.07, 6.45) is 6.71. The minimum Gasteiger partial charge on any atom is -0.496 e. The molecular weight excluding hydrogens is 406 g/mol. The summed E-state index contributed by atoms with van der Waals surface area (Å²) in [6, 6.07) is 20.1. The predicted molar refractivity (Wildman–Crippen MR) is 127 cm³/mol. The topological polar surface area (TPSA) is 84.9 Å². The molecule has 0 atom stereocenters. The van der Waals surface area contributed by atoms with E-state index in [9.17, 15) is 9.59 Å². The average molecular weight is 429 g/mol. The molecular formula is C26H23NO5. The molecule has 3 rings (SSSR count). The van der Waals surface area contributed by atoms with Crippen molar-refractivity contribution in [1.29, 1.82) is 0 Å². The fraction of sp³-hybridized carbons (Fsp3) is 0.0769. The van der Waals surface area contributed by atoms with E-state index in [1.54, 1.807) is 31.4 Å². The predicted octanol–water partition coefficient (Wildman–Crippen LogP) is 5.91. The molecule has 0 spiro atoms. The first-order valence-electron chi connectivity index (χ1n) is 9.81. The zero-order valence-electron chi connectivity index (χ0n) is 17.7. The van der Waals surface area contributed by atoms with E-state index >= 15 is 0 Å². The molecule has 32 heavy (non-hydrogen) atoms. The monoisotopic (exact) mass is 429 g/mol. The molecule has 0 saturated heterocycles. The Hall–Kier alpha value is -4.32. The van der Waals surface area contributed by atoms with E-state index < -0.39 is 6.09 Å². The third-order valence-corrected chi connectivity index (χ3v) is 4.67. The van der Waals surface area contributed by atoms with Crippen molar-refractivity contribution in [1.82, 2.24) is 0 Å². The first kappa shape index (κ1) is 22.4. The van der Waals surface area contributed by atoms with Gasteiger partial charge < -0.3 is 14.6 Å². The maximum absolute atomic E-state index is 11.5. The van der Waals surface area contributed by atoms with Gasteiger partial charge in [0.25, 0.3) is 0 Å². The van der Waals surface area contributed by atoms with Gasteiger partial charge in [0.15, 0.2) is 0 Å². The lowest BCUT2D eigenvalue weighted by atomic mass is 10.1. The van der Waals surface area contributed by atoms with Crippen molar-refractivity contribution in [3.63, 3.8) is 0 Å². The summed E-state index contributed by atoms with van der Waals surface area (Å²) in [4.78, 5) is 22.2. The zero-order chi connectivity index (χ0) is 22.9. The number of hydrogen-bond acceptors (Lipinski definition) is 4. The van der Waals surface area contributed by atoms with Crippen LogP contribution in [0.1, 0.15) is 32.6 Å². The van der Waals surface area contributed by atoms with Gasteiger partial charge in [0, 0.05) is 11.3 Å². The molecule has 3 aromatic carbocycles. The van der Waals surface area contributed by atoms with E-state index in [0.717, 1.165) is 28.0 Å². The molecule has 3 aromatic rings. The highest BCUT2D eigenvalue weighted by Crippen LogP contribution is 2.24. The highest BCUT2D eigenvalue weighted by Gasteiger charge is 2.04. The van der Waals surface area contributed by atoms with Crippen LogP contribution in [0.15, 0.2) is 66.7 Å². The first-order chi connectivity index (χ1) is 15.5. The number of benzene rings is 3. The van der Waals surface area contributed by atoms with Crippen LogP contribution in [0.3, 0.4) is 0 Å². The molecule has 1 amide bonds. The highest BCUT2D eigenvalue weighted by atomic mass is 16.5. The number of carbonyl (C=O) groups is 2. The van der Waals surface area contributed by atoms with Gasteiger partial charge in [-0.15, -0.1) is 0 Å². The van der Waals surface area contributed by atoms with Gasteiger partial charge in [-0.25, -0.2) is 9.59 Å². The molecule has 0 saturated carbocycles. The molecule has 2 N–H and O–H groups in total. The number of carbonyl (C=O) groups excluding carboxylic acids is 1. The number of methoxy groups -OCH3 is 2. The second kappa shape index (κ2) is 10.6. The van der Waals surface area contributed by atoms with Crippen LogP contribution in [-0.2, 0) is 4.74 Å². The van der Waals surface area contributed by atoms with Crippen molar-refractivity contribution in [2.75, 3.05) is 19.5 Å². The minimum absolute atomic E-state index is 0.359. The third kappa shape index (κ3) is 6.09. The maximum atomic E-state index is 11.5. The molecule has 6 nitrogen and oxygen atoms in total. The number of esters is 1. The summed E-state index contributed by atoms with van der Waals surface area (Å²) < 4.78 is 10.2. The van der Waals surface area contributed by atoms with Crippen LogP contribution >= 0.6 is 0 Å². The molecule has 6 heteroatoms. The van der Waals surface area contributed by atoms with Crippen LogP contribution < -0.4 is 10.1 Å². The highest BCUT2D eigenvalue weighted by molar-refractivity contribution is 5.89. The molecule has 0 aromatic heterocycles. The lowest BCUT2D eigenvalue weighted by molar-refractivity contribution is 0.0600. The summed E-state index contributed by atoms with van der Waals surface area (Å²) >= 11 is 0. The number of rotatable bonds is 7. The molecule has 0 unspecified atom stereocenters. The quantitative estimate of drug-likeness (QED) is 0.360. The molecule has 0 aliphatic carbocycles. The van der Waals surface area contributed by atoms with Gasteiger partial charge in [0.2, 0.25) is 0 Å². The van der Waals surface area contributed by atoms with Crippen molar-refractivity contribution in [3.8, 4) is 5.75 Å². The van der Waals surface area contributed by atoms with Crippen molar-refractivity contribution in [2.45, 2.75) is 0 Å². The number of carboxylic acid groups (broad SMARTS) is 1. The number of anilines is 1. The van der Waals surface area contributed by atoms with Crippen LogP contribution in [-0.4, -0.2) is 31.4 Å². The smallest absolute Gasteiger partial charge is 0.409 e. The van der Waals surface area contributed by atoms with Gasteiger partial charge in [0.05, 0.1) is 19.8 Å². The molecule has 0 radical (unpaired) electrons. The second-order valence-electron chi connectivity index (χ2n) is 6.83. The lowest BCUT2D eigenvalue weighted by Crippen LogP contribution is -2.06. The van der Waals surface area contributed by atoms with E-state index in [1.807, 2.05) is 66.8 Å². The number of ether oxygens (including phenoxy) is 2. The van der Waals surface area contributed by atoms with Crippen LogP contribution in [0.25, 0.3) is 24.3 Å². The van der Waals surface area contributed by atoms with Gasteiger partial charge in [-0.2, -0.15) is 0 Å². The summed E-state index contributed by atoms with van der Waals surface area (Å²) in [5.74, 6) is 0.371. The summed E-state index contributed by atoms with van der Waals surface area (Å²) in [6.45, 7) is 0. The standard InChI is InChI=1S/C26H23NO5/c1-31-24-17-20(4-3-18-6-13-22(14-7-18)25(28)32-2)8-12-21(24)11-5-19-9-15-23(16-10-19)27-26(29)30/h3-17,27H,1-2H3,(H,29,30). The Balaban J connectivity index is 1.71. The molecule has 0 fully saturated rings. The normalized spacial score (nSPS) is 10.9. The molecule has 162 valence electrons. The van der Waals surface area contributed by atoms with Crippen LogP contribution in [0.2, 0.25) is 0 Å². The fourth-order valence-electron chi connectivity index (χ4n) is 3.00. The lowest BCUT2D eigenvalue weighted by Gasteiger charge is -2.06. The summed E-state index contributed by atoms with van der Waals surface area (Å²) in [5, 5.41) is 11.1. The van der Waals surface area contributed by atoms with Gasteiger partial charge in [-0.3, -0.25) is 5.32 Å². The Kier molecular flexibility index (Phi) is 7.43. The van der Waals surface area contributed by atoms with E-state index in [-0.39, 0.29) is 5.97 Å². The van der Waals surface area contributed by atoms with Gasteiger partial charge in [-0.05, 0) is 47.0 Å². The number of hydrogen-bond donors (Lipinski definition) is 2. The van der Waals surface area contributed by atoms with Crippen LogP contribution in [0.4, 0.5) is 10.5 Å². The Bertz CT molecular complexity index is 1150. The van der Waals surface area contributed by atoms with E-state index in [0.29, 0.717) is 11.3 Å². The van der Waals surface area contributed by atoms with E-state index in [1.165, 1.54) is 7.11 Å². The van der Waals surface area contributed by atoms with E-state index in [4.69, 9.17) is 14.6 Å². The zero-order valence-corrected chi connectivity index (χ0v) is 17.7. The second-order valence-corrected chi connectivity index (χ2v) is 6.83. The Morgan fingerprint density at radius 2 is 1.34 bits per heavy atom. The van der Waals surface area contributed by atoms with Crippen LogP contribution in [0.5, 0.6) is 5.75 Å². The van der Waals surface area contributed by atoms with Crippen molar-refractivity contribution >= 4 is 42.1 Å². The van der Waals surface area contributed by atoms with Gasteiger partial charge >= 0.3 is 12.1 Å². The van der Waals surface area contributed by atoms with Gasteiger partial charge in [-0.1, -0.05) is 60.7 Å². The SMILES string of the molecule is COC(=O)c1ccc(C=Cc2ccc(C=Cc3ccc(NC(=O)O)cc3)c(OC)c2)cc1. The van der Waals surface area contributed by atoms with Crippen molar-refractivity contribution < 1.29 is 24.2 Å². The first-order valence-corrected chi connectivity index (χ1v) is 9.81. The van der Waals surface area contributed by atoms with Crippen molar-refractivity contribution in [2.24, 2.45) is 0 Å². The summed E-state index contributed by atoms with van der Waals surface area (Å²) in [7, 11) is 2.98.